The highest BCUT2D eigenvalue weighted by molar-refractivity contribution is 5.77. The molecule has 1 aromatic heterocycles. The fourth-order valence-corrected chi connectivity index (χ4v) is 3.09. The molecule has 1 aliphatic heterocycles. The molecule has 5 N–H and O–H groups in total. The second-order valence-electron chi connectivity index (χ2n) is 5.78. The van der Waals surface area contributed by atoms with Crippen LogP contribution in [0.25, 0.3) is 11.0 Å². The zero-order valence-corrected chi connectivity index (χ0v) is 12.5. The Bertz CT molecular complexity index is 826. The summed E-state index contributed by atoms with van der Waals surface area (Å²) in [7, 11) is 0. The zero-order chi connectivity index (χ0) is 15.8. The summed E-state index contributed by atoms with van der Waals surface area (Å²) in [6.45, 7) is 1.47. The number of para-hydroxylation sites is 2. The van der Waals surface area contributed by atoms with E-state index in [0.29, 0.717) is 6.54 Å². The number of fused-ring (bicyclic) bond motifs is 2. The maximum absolute atomic E-state index is 9.76. The molecule has 1 aliphatic rings. The number of aromatic nitrogens is 2. The number of rotatable bonds is 3. The molecule has 6 nitrogen and oxygen atoms in total. The van der Waals surface area contributed by atoms with Crippen LogP contribution in [0.4, 0.5) is 5.95 Å². The molecular formula is C17H18N4O2. The van der Waals surface area contributed by atoms with Crippen LogP contribution in [-0.4, -0.2) is 33.3 Å². The number of hydrogen-bond acceptors (Lipinski definition) is 5. The molecule has 3 aromatic rings. The van der Waals surface area contributed by atoms with E-state index in [1.165, 1.54) is 0 Å². The summed E-state index contributed by atoms with van der Waals surface area (Å²) in [6.07, 6.45) is 0.838. The number of phenolic OH excluding ortho intramolecular Hbond substituents is 2. The van der Waals surface area contributed by atoms with Crippen molar-refractivity contribution in [3.63, 3.8) is 0 Å². The molecular weight excluding hydrogens is 292 g/mol. The third-order valence-corrected chi connectivity index (χ3v) is 4.26. The molecule has 0 aliphatic carbocycles. The van der Waals surface area contributed by atoms with E-state index < -0.39 is 0 Å². The predicted octanol–water partition coefficient (Wildman–Crippen LogP) is 2.27. The number of nitrogens with one attached hydrogen (secondary N) is 3. The average molecular weight is 310 g/mol. The van der Waals surface area contributed by atoms with E-state index in [9.17, 15) is 10.2 Å². The normalized spacial score (nSPS) is 17.1. The van der Waals surface area contributed by atoms with Gasteiger partial charge in [-0.15, -0.1) is 0 Å². The molecule has 1 atom stereocenters. The average Bonchev–Trinajstić information content (AvgIpc) is 2.97. The molecule has 0 radical (unpaired) electrons. The molecule has 2 aromatic carbocycles. The van der Waals surface area contributed by atoms with Crippen LogP contribution in [-0.2, 0) is 6.42 Å². The second kappa shape index (κ2) is 5.48. The molecule has 6 heteroatoms. The first-order chi connectivity index (χ1) is 11.2. The monoisotopic (exact) mass is 310 g/mol. The number of nitrogens with zero attached hydrogens (tertiary/aromatic N) is 1. The Kier molecular flexibility index (Phi) is 3.31. The maximum Gasteiger partial charge on any atom is 0.201 e. The number of benzene rings is 2. The number of aromatic hydroxyl groups is 2. The lowest BCUT2D eigenvalue weighted by molar-refractivity contribution is 0.399. The van der Waals surface area contributed by atoms with Crippen molar-refractivity contribution in [1.82, 2.24) is 15.3 Å². The van der Waals surface area contributed by atoms with E-state index in [2.05, 4.69) is 20.6 Å². The smallest absolute Gasteiger partial charge is 0.201 e. The van der Waals surface area contributed by atoms with Crippen molar-refractivity contribution in [3.8, 4) is 11.5 Å². The third-order valence-electron chi connectivity index (χ3n) is 4.26. The maximum atomic E-state index is 9.76. The van der Waals surface area contributed by atoms with E-state index in [0.717, 1.165) is 41.1 Å². The van der Waals surface area contributed by atoms with Gasteiger partial charge in [-0.05, 0) is 48.4 Å². The SMILES string of the molecule is Oc1cc2c(cc1O)C(CNc1nc3ccccc3[nH]1)NCC2. The zero-order valence-electron chi connectivity index (χ0n) is 12.5. The highest BCUT2D eigenvalue weighted by Crippen LogP contribution is 2.33. The van der Waals surface area contributed by atoms with Crippen LogP contribution in [0.15, 0.2) is 36.4 Å². The standard InChI is InChI=1S/C17H18N4O2/c22-15-7-10-5-6-18-14(11(10)8-16(15)23)9-19-17-20-12-3-1-2-4-13(12)21-17/h1-4,7-8,14,18,22-23H,5-6,9H2,(H2,19,20,21). The quantitative estimate of drug-likeness (QED) is 0.479. The van der Waals surface area contributed by atoms with Crippen molar-refractivity contribution in [1.29, 1.82) is 0 Å². The molecule has 0 fully saturated rings. The van der Waals surface area contributed by atoms with Gasteiger partial charge in [-0.3, -0.25) is 0 Å². The fraction of sp³-hybridized carbons (Fsp3) is 0.235. The Morgan fingerprint density at radius 2 is 2.00 bits per heavy atom. The summed E-state index contributed by atoms with van der Waals surface area (Å²) in [6, 6.07) is 11.2. The lowest BCUT2D eigenvalue weighted by Crippen LogP contribution is -2.34. The minimum Gasteiger partial charge on any atom is -0.504 e. The summed E-state index contributed by atoms with van der Waals surface area (Å²) in [4.78, 5) is 7.74. The summed E-state index contributed by atoms with van der Waals surface area (Å²) >= 11 is 0. The topological polar surface area (TPSA) is 93.2 Å². The van der Waals surface area contributed by atoms with E-state index in [1.807, 2.05) is 24.3 Å². The molecule has 1 unspecified atom stereocenters. The first kappa shape index (κ1) is 13.9. The Labute approximate surface area is 133 Å². The second-order valence-corrected chi connectivity index (χ2v) is 5.78. The van der Waals surface area contributed by atoms with Gasteiger partial charge in [-0.1, -0.05) is 12.1 Å². The molecule has 0 amide bonds. The molecule has 4 rings (SSSR count). The van der Waals surface area contributed by atoms with Crippen LogP contribution in [0.3, 0.4) is 0 Å². The van der Waals surface area contributed by atoms with Crippen LogP contribution >= 0.6 is 0 Å². The van der Waals surface area contributed by atoms with Gasteiger partial charge < -0.3 is 25.8 Å². The Morgan fingerprint density at radius 1 is 1.17 bits per heavy atom. The molecule has 0 spiro atoms. The van der Waals surface area contributed by atoms with E-state index in [4.69, 9.17) is 0 Å². The Morgan fingerprint density at radius 3 is 2.87 bits per heavy atom. The molecule has 0 saturated carbocycles. The predicted molar refractivity (Wildman–Crippen MR) is 88.8 cm³/mol. The van der Waals surface area contributed by atoms with Crippen LogP contribution in [0.1, 0.15) is 17.2 Å². The highest BCUT2D eigenvalue weighted by atomic mass is 16.3. The van der Waals surface area contributed by atoms with Crippen LogP contribution in [0.2, 0.25) is 0 Å². The molecule has 0 saturated heterocycles. The number of H-pyrrole nitrogens is 1. The number of anilines is 1. The van der Waals surface area contributed by atoms with Crippen molar-refractivity contribution in [2.75, 3.05) is 18.4 Å². The largest absolute Gasteiger partial charge is 0.504 e. The van der Waals surface area contributed by atoms with E-state index in [-0.39, 0.29) is 17.5 Å². The number of imidazole rings is 1. The summed E-state index contributed by atoms with van der Waals surface area (Å²) in [5.41, 5.74) is 4.00. The summed E-state index contributed by atoms with van der Waals surface area (Å²) in [5.74, 6) is 0.582. The number of hydrogen-bond donors (Lipinski definition) is 5. The molecule has 118 valence electrons. The summed E-state index contributed by atoms with van der Waals surface area (Å²) < 4.78 is 0. The molecule has 0 bridgehead atoms. The van der Waals surface area contributed by atoms with Crippen molar-refractivity contribution in [3.05, 3.63) is 47.5 Å². The first-order valence-electron chi connectivity index (χ1n) is 7.67. The third kappa shape index (κ3) is 2.57. The minimum atomic E-state index is -0.0822. The Hall–Kier alpha value is -2.73. The van der Waals surface area contributed by atoms with Gasteiger partial charge in [-0.2, -0.15) is 0 Å². The van der Waals surface area contributed by atoms with Gasteiger partial charge in [-0.25, -0.2) is 4.98 Å². The summed E-state index contributed by atoms with van der Waals surface area (Å²) in [5, 5.41) is 26.1. The lowest BCUT2D eigenvalue weighted by atomic mass is 9.93. The van der Waals surface area contributed by atoms with Gasteiger partial charge in [0, 0.05) is 6.54 Å². The number of phenols is 2. The van der Waals surface area contributed by atoms with Crippen LogP contribution in [0.5, 0.6) is 11.5 Å². The minimum absolute atomic E-state index is 0.0541. The Balaban J connectivity index is 1.55. The first-order valence-corrected chi connectivity index (χ1v) is 7.67. The van der Waals surface area contributed by atoms with Gasteiger partial charge in [0.1, 0.15) is 0 Å². The van der Waals surface area contributed by atoms with Crippen molar-refractivity contribution in [2.24, 2.45) is 0 Å². The van der Waals surface area contributed by atoms with E-state index in [1.54, 1.807) is 12.1 Å². The molecule has 2 heterocycles. The molecule has 23 heavy (non-hydrogen) atoms. The van der Waals surface area contributed by atoms with Gasteiger partial charge in [0.15, 0.2) is 11.5 Å². The van der Waals surface area contributed by atoms with Crippen LogP contribution < -0.4 is 10.6 Å². The number of aromatic amines is 1. The fourth-order valence-electron chi connectivity index (χ4n) is 3.09. The van der Waals surface area contributed by atoms with Gasteiger partial charge in [0.25, 0.3) is 0 Å². The van der Waals surface area contributed by atoms with Gasteiger partial charge in [0.05, 0.1) is 17.1 Å². The highest BCUT2D eigenvalue weighted by Gasteiger charge is 2.21. The van der Waals surface area contributed by atoms with E-state index >= 15 is 0 Å². The van der Waals surface area contributed by atoms with Crippen molar-refractivity contribution in [2.45, 2.75) is 12.5 Å². The van der Waals surface area contributed by atoms with Crippen LogP contribution in [0, 0.1) is 0 Å². The van der Waals surface area contributed by atoms with Gasteiger partial charge >= 0.3 is 0 Å². The van der Waals surface area contributed by atoms with Crippen molar-refractivity contribution < 1.29 is 10.2 Å². The van der Waals surface area contributed by atoms with Gasteiger partial charge in [0.2, 0.25) is 5.95 Å². The van der Waals surface area contributed by atoms with Crippen molar-refractivity contribution >= 4 is 17.0 Å². The lowest BCUT2D eigenvalue weighted by Gasteiger charge is -2.27.